The number of aromatic amines is 1. The first-order valence-electron chi connectivity index (χ1n) is 11.0. The molecule has 0 radical (unpaired) electrons. The minimum atomic E-state index is -1.31. The summed E-state index contributed by atoms with van der Waals surface area (Å²) in [5, 5.41) is 6.18. The Morgan fingerprint density at radius 1 is 1.03 bits per heavy atom. The van der Waals surface area contributed by atoms with Crippen LogP contribution in [0.5, 0.6) is 0 Å². The number of thiophene rings is 1. The second-order valence-electron chi connectivity index (χ2n) is 9.04. The van der Waals surface area contributed by atoms with Gasteiger partial charge in [0.15, 0.2) is 0 Å². The van der Waals surface area contributed by atoms with Gasteiger partial charge in [-0.2, -0.15) is 0 Å². The molecule has 1 fully saturated rings. The van der Waals surface area contributed by atoms with E-state index in [-0.39, 0.29) is 6.54 Å². The van der Waals surface area contributed by atoms with Gasteiger partial charge in [0, 0.05) is 52.9 Å². The molecule has 1 saturated heterocycles. The third-order valence-corrected chi connectivity index (χ3v) is 7.74. The summed E-state index contributed by atoms with van der Waals surface area (Å²) in [5.74, 6) is -0.826. The van der Waals surface area contributed by atoms with Crippen LogP contribution in [0.2, 0.25) is 0 Å². The van der Waals surface area contributed by atoms with Crippen molar-refractivity contribution in [1.82, 2.24) is 19.8 Å². The number of carbonyl (C=O) groups excluding carboxylic acids is 2. The summed E-state index contributed by atoms with van der Waals surface area (Å²) in [7, 11) is 2.01. The number of rotatable bonds is 4. The fourth-order valence-electron chi connectivity index (χ4n) is 5.08. The van der Waals surface area contributed by atoms with Crippen molar-refractivity contribution in [2.24, 2.45) is 0 Å². The molecule has 2 N–H and O–H groups in total. The Labute approximate surface area is 193 Å². The number of nitrogens with one attached hydrogen (secondary N) is 2. The SMILES string of the molecule is CN1CCC(F)(Cn2cc(C3=C(c4c[nH]c5sccc45)C(=O)NC3=O)c3ccccc32)CC1. The lowest BCUT2D eigenvalue weighted by atomic mass is 9.93. The molecule has 0 spiro atoms. The molecule has 2 aliphatic heterocycles. The van der Waals surface area contributed by atoms with E-state index in [0.29, 0.717) is 35.1 Å². The zero-order valence-electron chi connectivity index (χ0n) is 18.2. The molecule has 6 rings (SSSR count). The van der Waals surface area contributed by atoms with E-state index in [0.717, 1.165) is 34.2 Å². The molecular formula is C25H23FN4O2S. The van der Waals surface area contributed by atoms with Gasteiger partial charge in [-0.1, -0.05) is 18.2 Å². The fourth-order valence-corrected chi connectivity index (χ4v) is 5.86. The van der Waals surface area contributed by atoms with Gasteiger partial charge in [0.2, 0.25) is 0 Å². The van der Waals surface area contributed by atoms with E-state index in [1.54, 1.807) is 17.5 Å². The van der Waals surface area contributed by atoms with Crippen molar-refractivity contribution in [2.75, 3.05) is 20.1 Å². The van der Waals surface area contributed by atoms with Crippen LogP contribution in [0.3, 0.4) is 0 Å². The lowest BCUT2D eigenvalue weighted by Crippen LogP contribution is -2.42. The summed E-state index contributed by atoms with van der Waals surface area (Å²) in [6, 6.07) is 9.64. The van der Waals surface area contributed by atoms with Crippen LogP contribution >= 0.6 is 11.3 Å². The maximum Gasteiger partial charge on any atom is 0.259 e. The van der Waals surface area contributed by atoms with Gasteiger partial charge in [-0.25, -0.2) is 4.39 Å². The number of nitrogens with zero attached hydrogens (tertiary/aromatic N) is 2. The molecule has 0 saturated carbocycles. The van der Waals surface area contributed by atoms with E-state index < -0.39 is 17.5 Å². The van der Waals surface area contributed by atoms with Crippen molar-refractivity contribution < 1.29 is 14.0 Å². The first-order valence-corrected chi connectivity index (χ1v) is 11.9. The zero-order chi connectivity index (χ0) is 22.7. The number of alkyl halides is 1. The largest absolute Gasteiger partial charge is 0.352 e. The summed E-state index contributed by atoms with van der Waals surface area (Å²) >= 11 is 1.55. The fraction of sp³-hybridized carbons (Fsp3) is 0.280. The first-order chi connectivity index (χ1) is 15.9. The molecular weight excluding hydrogens is 439 g/mol. The van der Waals surface area contributed by atoms with Crippen molar-refractivity contribution in [3.05, 3.63) is 59.2 Å². The molecule has 33 heavy (non-hydrogen) atoms. The maximum atomic E-state index is 15.7. The molecule has 2 aliphatic rings. The smallest absolute Gasteiger partial charge is 0.259 e. The summed E-state index contributed by atoms with van der Waals surface area (Å²) in [6.45, 7) is 1.66. The maximum absolute atomic E-state index is 15.7. The highest BCUT2D eigenvalue weighted by atomic mass is 32.1. The van der Waals surface area contributed by atoms with Gasteiger partial charge in [-0.15, -0.1) is 11.3 Å². The molecule has 4 aromatic rings. The van der Waals surface area contributed by atoms with Gasteiger partial charge in [-0.05, 0) is 37.4 Å². The molecule has 0 unspecified atom stereocenters. The lowest BCUT2D eigenvalue weighted by Gasteiger charge is -2.34. The number of hydrogen-bond acceptors (Lipinski definition) is 4. The van der Waals surface area contributed by atoms with Crippen molar-refractivity contribution in [2.45, 2.75) is 25.1 Å². The molecule has 3 aromatic heterocycles. The van der Waals surface area contributed by atoms with Crippen LogP contribution in [0.1, 0.15) is 24.0 Å². The van der Waals surface area contributed by atoms with Gasteiger partial charge < -0.3 is 14.5 Å². The summed E-state index contributed by atoms with van der Waals surface area (Å²) in [4.78, 5) is 32.2. The second kappa shape index (κ2) is 7.40. The van der Waals surface area contributed by atoms with E-state index in [1.165, 1.54) is 0 Å². The van der Waals surface area contributed by atoms with Crippen molar-refractivity contribution in [1.29, 1.82) is 0 Å². The summed E-state index contributed by atoms with van der Waals surface area (Å²) < 4.78 is 17.6. The molecule has 0 atom stereocenters. The van der Waals surface area contributed by atoms with Crippen LogP contribution < -0.4 is 5.32 Å². The van der Waals surface area contributed by atoms with Gasteiger partial charge in [-0.3, -0.25) is 14.9 Å². The average Bonchev–Trinajstić information content (AvgIpc) is 3.54. The highest BCUT2D eigenvalue weighted by molar-refractivity contribution is 7.16. The number of carbonyl (C=O) groups is 2. The van der Waals surface area contributed by atoms with E-state index >= 15 is 4.39 Å². The van der Waals surface area contributed by atoms with Crippen molar-refractivity contribution in [3.63, 3.8) is 0 Å². The van der Waals surface area contributed by atoms with Crippen LogP contribution in [-0.2, 0) is 16.1 Å². The minimum absolute atomic E-state index is 0.221. The zero-order valence-corrected chi connectivity index (χ0v) is 19.0. The number of para-hydroxylation sites is 1. The van der Waals surface area contributed by atoms with Gasteiger partial charge in [0.05, 0.1) is 17.7 Å². The predicted octanol–water partition coefficient (Wildman–Crippen LogP) is 4.19. The van der Waals surface area contributed by atoms with Crippen LogP contribution in [0.4, 0.5) is 4.39 Å². The minimum Gasteiger partial charge on any atom is -0.352 e. The van der Waals surface area contributed by atoms with E-state index in [9.17, 15) is 9.59 Å². The molecule has 0 bridgehead atoms. The van der Waals surface area contributed by atoms with Crippen LogP contribution in [0.25, 0.3) is 32.3 Å². The number of aromatic nitrogens is 2. The molecule has 0 aliphatic carbocycles. The number of likely N-dealkylation sites (tertiary alicyclic amines) is 1. The Kier molecular flexibility index (Phi) is 4.57. The average molecular weight is 463 g/mol. The van der Waals surface area contributed by atoms with Gasteiger partial charge in [0.25, 0.3) is 11.8 Å². The number of halogens is 1. The molecule has 2 amide bonds. The third kappa shape index (κ3) is 3.24. The van der Waals surface area contributed by atoms with Crippen LogP contribution in [-0.4, -0.2) is 52.1 Å². The number of amides is 2. The molecule has 168 valence electrons. The number of imide groups is 1. The van der Waals surface area contributed by atoms with E-state index in [4.69, 9.17) is 0 Å². The molecule has 8 heteroatoms. The highest BCUT2D eigenvalue weighted by Gasteiger charge is 2.37. The van der Waals surface area contributed by atoms with Gasteiger partial charge in [0.1, 0.15) is 10.5 Å². The standard InChI is InChI=1S/C25H23FN4O2S/c1-29-9-7-25(26,8-10-29)14-30-13-18(15-4-2-3-5-19(15)30)21-20(22(31)28-23(21)32)17-12-27-24-16(17)6-11-33-24/h2-6,11-13,27H,7-10,14H2,1H3,(H,28,31,32). The monoisotopic (exact) mass is 462 g/mol. The summed E-state index contributed by atoms with van der Waals surface area (Å²) in [6.07, 6.45) is 4.56. The normalized spacial score (nSPS) is 19.2. The number of fused-ring (bicyclic) bond motifs is 2. The molecule has 6 nitrogen and oxygen atoms in total. The summed E-state index contributed by atoms with van der Waals surface area (Å²) in [5.41, 5.74) is 1.63. The lowest BCUT2D eigenvalue weighted by molar-refractivity contribution is -0.122. The number of H-pyrrole nitrogens is 1. The molecule has 1 aromatic carbocycles. The first kappa shape index (κ1) is 20.4. The Morgan fingerprint density at radius 3 is 2.55 bits per heavy atom. The Morgan fingerprint density at radius 2 is 1.76 bits per heavy atom. The Balaban J connectivity index is 1.52. The Bertz CT molecular complexity index is 1450. The number of hydrogen-bond donors (Lipinski definition) is 2. The number of benzene rings is 1. The second-order valence-corrected chi connectivity index (χ2v) is 9.96. The predicted molar refractivity (Wildman–Crippen MR) is 129 cm³/mol. The van der Waals surface area contributed by atoms with Crippen molar-refractivity contribution in [3.8, 4) is 0 Å². The van der Waals surface area contributed by atoms with Crippen LogP contribution in [0, 0.1) is 0 Å². The van der Waals surface area contributed by atoms with E-state index in [2.05, 4.69) is 15.2 Å². The highest BCUT2D eigenvalue weighted by Crippen LogP contribution is 2.40. The van der Waals surface area contributed by atoms with Gasteiger partial charge >= 0.3 is 0 Å². The Hall–Kier alpha value is -3.23. The van der Waals surface area contributed by atoms with E-state index in [1.807, 2.05) is 53.5 Å². The van der Waals surface area contributed by atoms with Crippen molar-refractivity contribution >= 4 is 55.4 Å². The quantitative estimate of drug-likeness (QED) is 0.447. The van der Waals surface area contributed by atoms with Crippen LogP contribution in [0.15, 0.2) is 48.1 Å². The number of piperidine rings is 1. The molecule has 5 heterocycles. The topological polar surface area (TPSA) is 70.1 Å². The third-order valence-electron chi connectivity index (χ3n) is 6.90.